The number of hydrogen-bond acceptors (Lipinski definition) is 2. The summed E-state index contributed by atoms with van der Waals surface area (Å²) in [4.78, 5) is 25.2. The van der Waals surface area contributed by atoms with Crippen LogP contribution in [0.15, 0.2) is 18.2 Å². The number of nitrogens with zero attached hydrogens (tertiary/aromatic N) is 1. The van der Waals surface area contributed by atoms with Crippen molar-refractivity contribution in [2.75, 3.05) is 4.90 Å². The van der Waals surface area contributed by atoms with Crippen LogP contribution in [-0.2, 0) is 11.2 Å². The molecule has 0 bridgehead atoms. The summed E-state index contributed by atoms with van der Waals surface area (Å²) >= 11 is 0. The number of amides is 1. The lowest BCUT2D eigenvalue weighted by atomic mass is 9.99. The van der Waals surface area contributed by atoms with Gasteiger partial charge in [-0.3, -0.25) is 9.59 Å². The zero-order chi connectivity index (χ0) is 10.6. The Labute approximate surface area is 87.7 Å². The van der Waals surface area contributed by atoms with E-state index in [4.69, 9.17) is 0 Å². The van der Waals surface area contributed by atoms with Gasteiger partial charge in [-0.1, -0.05) is 12.1 Å². The van der Waals surface area contributed by atoms with Gasteiger partial charge >= 0.3 is 0 Å². The number of Topliss-reactive ketones (excluding diaryl/α,β-unsaturated/α-hetero) is 1. The summed E-state index contributed by atoms with van der Waals surface area (Å²) in [5.41, 5.74) is 2.71. The Hall–Kier alpha value is -1.64. The van der Waals surface area contributed by atoms with Crippen LogP contribution in [0.5, 0.6) is 0 Å². The number of anilines is 1. The van der Waals surface area contributed by atoms with E-state index >= 15 is 0 Å². The van der Waals surface area contributed by atoms with E-state index in [9.17, 15) is 9.59 Å². The Morgan fingerprint density at radius 2 is 2.13 bits per heavy atom. The number of carbonyl (C=O) groups is 2. The second-order valence-electron chi connectivity index (χ2n) is 4.23. The third-order valence-electron chi connectivity index (χ3n) is 3.20. The molecule has 0 saturated heterocycles. The average molecular weight is 201 g/mol. The minimum Gasteiger partial charge on any atom is -0.308 e. The fourth-order valence-electron chi connectivity index (χ4n) is 2.58. The van der Waals surface area contributed by atoms with E-state index in [-0.39, 0.29) is 24.2 Å². The Morgan fingerprint density at radius 1 is 1.33 bits per heavy atom. The van der Waals surface area contributed by atoms with E-state index in [1.165, 1.54) is 0 Å². The van der Waals surface area contributed by atoms with Gasteiger partial charge in [-0.05, 0) is 25.0 Å². The van der Waals surface area contributed by atoms with Crippen molar-refractivity contribution in [1.29, 1.82) is 0 Å². The van der Waals surface area contributed by atoms with E-state index in [2.05, 4.69) is 0 Å². The molecule has 0 unspecified atom stereocenters. The summed E-state index contributed by atoms with van der Waals surface area (Å²) in [6.45, 7) is 2.03. The topological polar surface area (TPSA) is 37.4 Å². The van der Waals surface area contributed by atoms with Gasteiger partial charge in [-0.25, -0.2) is 0 Å². The first kappa shape index (κ1) is 8.65. The molecule has 0 spiro atoms. The fourth-order valence-corrected chi connectivity index (χ4v) is 2.58. The van der Waals surface area contributed by atoms with E-state index in [1.54, 1.807) is 4.90 Å². The van der Waals surface area contributed by atoms with E-state index in [0.717, 1.165) is 23.2 Å². The number of benzene rings is 1. The van der Waals surface area contributed by atoms with Crippen molar-refractivity contribution < 1.29 is 9.59 Å². The molecule has 3 rings (SSSR count). The minimum absolute atomic E-state index is 0.0286. The first-order valence-corrected chi connectivity index (χ1v) is 5.15. The average Bonchev–Trinajstić information content (AvgIpc) is 2.51. The van der Waals surface area contributed by atoms with Crippen molar-refractivity contribution in [2.24, 2.45) is 0 Å². The maximum Gasteiger partial charge on any atom is 0.235 e. The highest BCUT2D eigenvalue weighted by molar-refractivity contribution is 6.20. The Morgan fingerprint density at radius 3 is 2.93 bits per heavy atom. The summed E-state index contributed by atoms with van der Waals surface area (Å²) in [5.74, 6) is -0.0906. The summed E-state index contributed by atoms with van der Waals surface area (Å²) in [7, 11) is 0. The van der Waals surface area contributed by atoms with Gasteiger partial charge in [-0.15, -0.1) is 0 Å². The van der Waals surface area contributed by atoms with Crippen LogP contribution in [0.3, 0.4) is 0 Å². The van der Waals surface area contributed by atoms with Gasteiger partial charge in [0.15, 0.2) is 5.78 Å². The predicted octanol–water partition coefficient (Wildman–Crippen LogP) is 1.55. The zero-order valence-electron chi connectivity index (χ0n) is 8.49. The predicted molar refractivity (Wildman–Crippen MR) is 56.0 cm³/mol. The maximum atomic E-state index is 11.7. The van der Waals surface area contributed by atoms with Gasteiger partial charge in [0.05, 0.1) is 12.1 Å². The lowest BCUT2D eigenvalue weighted by Crippen LogP contribution is -2.40. The van der Waals surface area contributed by atoms with Gasteiger partial charge in [0, 0.05) is 11.6 Å². The molecule has 3 heteroatoms. The van der Waals surface area contributed by atoms with Crippen molar-refractivity contribution in [3.05, 3.63) is 29.3 Å². The number of para-hydroxylation sites is 1. The van der Waals surface area contributed by atoms with Crippen LogP contribution in [0.2, 0.25) is 0 Å². The van der Waals surface area contributed by atoms with Crippen LogP contribution in [0.25, 0.3) is 0 Å². The lowest BCUT2D eigenvalue weighted by molar-refractivity contribution is -0.118. The first-order chi connectivity index (χ1) is 7.18. The fraction of sp³-hybridized carbons (Fsp3) is 0.333. The number of carbonyl (C=O) groups excluding carboxylic acids is 2. The van der Waals surface area contributed by atoms with Gasteiger partial charge in [-0.2, -0.15) is 0 Å². The van der Waals surface area contributed by atoms with Crippen LogP contribution < -0.4 is 4.90 Å². The number of ketones is 1. The summed E-state index contributed by atoms with van der Waals surface area (Å²) in [6.07, 6.45) is 0.892. The van der Waals surface area contributed by atoms with Crippen molar-refractivity contribution in [2.45, 2.75) is 25.8 Å². The largest absolute Gasteiger partial charge is 0.308 e. The van der Waals surface area contributed by atoms with Crippen molar-refractivity contribution in [1.82, 2.24) is 0 Å². The van der Waals surface area contributed by atoms with Crippen LogP contribution in [0.4, 0.5) is 5.69 Å². The van der Waals surface area contributed by atoms with Crippen molar-refractivity contribution in [3.63, 3.8) is 0 Å². The SMILES string of the molecule is C[C@@H]1Cc2cccc3c2N1C(=O)CC3=O. The normalized spacial score (nSPS) is 23.3. The maximum absolute atomic E-state index is 11.7. The third kappa shape index (κ3) is 1.00. The zero-order valence-corrected chi connectivity index (χ0v) is 8.49. The standard InChI is InChI=1S/C12H11NO2/c1-7-5-8-3-2-4-9-10(14)6-11(15)13(7)12(8)9/h2-4,7H,5-6H2,1H3/t7-/m1/s1. The number of hydrogen-bond donors (Lipinski definition) is 0. The summed E-state index contributed by atoms with van der Waals surface area (Å²) < 4.78 is 0. The molecule has 1 aromatic carbocycles. The molecule has 2 heterocycles. The molecular formula is C12H11NO2. The molecule has 0 fully saturated rings. The second-order valence-corrected chi connectivity index (χ2v) is 4.23. The highest BCUT2D eigenvalue weighted by Gasteiger charge is 2.38. The molecule has 1 amide bonds. The molecule has 0 N–H and O–H groups in total. The quantitative estimate of drug-likeness (QED) is 0.597. The molecule has 2 aliphatic heterocycles. The van der Waals surface area contributed by atoms with Crippen molar-refractivity contribution in [3.8, 4) is 0 Å². The number of rotatable bonds is 0. The molecule has 3 nitrogen and oxygen atoms in total. The van der Waals surface area contributed by atoms with Gasteiger partial charge in [0.2, 0.25) is 5.91 Å². The molecule has 1 aromatic rings. The molecule has 0 aliphatic carbocycles. The Kier molecular flexibility index (Phi) is 1.55. The van der Waals surface area contributed by atoms with Crippen LogP contribution in [0, 0.1) is 0 Å². The van der Waals surface area contributed by atoms with E-state index < -0.39 is 0 Å². The van der Waals surface area contributed by atoms with Gasteiger partial charge < -0.3 is 4.90 Å². The molecular weight excluding hydrogens is 190 g/mol. The molecule has 2 aliphatic rings. The second kappa shape index (κ2) is 2.69. The molecule has 0 saturated carbocycles. The van der Waals surface area contributed by atoms with Gasteiger partial charge in [0.25, 0.3) is 0 Å². The van der Waals surface area contributed by atoms with Crippen molar-refractivity contribution >= 4 is 17.4 Å². The van der Waals surface area contributed by atoms with Crippen LogP contribution >= 0.6 is 0 Å². The van der Waals surface area contributed by atoms with Crippen LogP contribution in [-0.4, -0.2) is 17.7 Å². The monoisotopic (exact) mass is 201 g/mol. The highest BCUT2D eigenvalue weighted by atomic mass is 16.2. The first-order valence-electron chi connectivity index (χ1n) is 5.15. The summed E-state index contributed by atoms with van der Waals surface area (Å²) in [6, 6.07) is 5.92. The summed E-state index contributed by atoms with van der Waals surface area (Å²) in [5, 5.41) is 0. The Balaban J connectivity index is 2.29. The molecule has 0 aromatic heterocycles. The van der Waals surface area contributed by atoms with E-state index in [0.29, 0.717) is 0 Å². The lowest BCUT2D eigenvalue weighted by Gasteiger charge is -2.27. The minimum atomic E-state index is -0.0510. The molecule has 15 heavy (non-hydrogen) atoms. The Bertz CT molecular complexity index is 479. The third-order valence-corrected chi connectivity index (χ3v) is 3.20. The molecule has 1 atom stereocenters. The molecule has 0 radical (unpaired) electrons. The molecule has 76 valence electrons. The highest BCUT2D eigenvalue weighted by Crippen LogP contribution is 2.39. The smallest absolute Gasteiger partial charge is 0.235 e. The van der Waals surface area contributed by atoms with Crippen LogP contribution in [0.1, 0.15) is 29.3 Å². The van der Waals surface area contributed by atoms with E-state index in [1.807, 2.05) is 25.1 Å². The van der Waals surface area contributed by atoms with Gasteiger partial charge in [0.1, 0.15) is 0 Å².